The van der Waals surface area contributed by atoms with Crippen LogP contribution in [0, 0.1) is 19.3 Å². The predicted octanol–water partition coefficient (Wildman–Crippen LogP) is 5.84. The molecule has 27 heavy (non-hydrogen) atoms. The zero-order valence-corrected chi connectivity index (χ0v) is 19.4. The second-order valence-corrected chi connectivity index (χ2v) is 9.04. The van der Waals surface area contributed by atoms with Crippen LogP contribution in [0.4, 0.5) is 0 Å². The number of hydrogen-bond donors (Lipinski definition) is 0. The number of likely N-dealkylation sites (N-methyl/N-ethyl adjacent to an activating group) is 1. The van der Waals surface area contributed by atoms with Crippen molar-refractivity contribution in [3.05, 3.63) is 34.6 Å². The van der Waals surface area contributed by atoms with E-state index in [0.29, 0.717) is 10.6 Å². The molecule has 1 aromatic heterocycles. The number of aryl methyl sites for hydroxylation is 3. The standard InChI is InChI=1S/C21H33N3OS.ClH/c1-8-24(7)12-10-17-13-16(3)18(14-15(17)2)25-20-22-19(23-26-20)9-11-21(4,5)6;/h13-14H,8-12H2,1-7H3;1H. The summed E-state index contributed by atoms with van der Waals surface area (Å²) in [5, 5.41) is 0.634. The molecule has 0 saturated heterocycles. The molecule has 0 radical (unpaired) electrons. The highest BCUT2D eigenvalue weighted by atomic mass is 35.5. The van der Waals surface area contributed by atoms with Gasteiger partial charge in [-0.1, -0.05) is 33.8 Å². The minimum absolute atomic E-state index is 0. The normalized spacial score (nSPS) is 11.6. The van der Waals surface area contributed by atoms with Crippen LogP contribution in [0.2, 0.25) is 0 Å². The first kappa shape index (κ1) is 23.9. The van der Waals surface area contributed by atoms with Crippen molar-refractivity contribution in [3.8, 4) is 10.9 Å². The van der Waals surface area contributed by atoms with E-state index in [1.807, 2.05) is 0 Å². The van der Waals surface area contributed by atoms with Gasteiger partial charge in [-0.05, 0) is 68.5 Å². The summed E-state index contributed by atoms with van der Waals surface area (Å²) in [4.78, 5) is 6.88. The molecule has 0 aliphatic heterocycles. The summed E-state index contributed by atoms with van der Waals surface area (Å²) in [6, 6.07) is 4.38. The van der Waals surface area contributed by atoms with Crippen molar-refractivity contribution < 1.29 is 4.74 Å². The third-order valence-electron chi connectivity index (χ3n) is 4.68. The van der Waals surface area contributed by atoms with Crippen molar-refractivity contribution >= 4 is 23.9 Å². The van der Waals surface area contributed by atoms with Gasteiger partial charge in [0.25, 0.3) is 5.19 Å². The molecular formula is C21H34ClN3OS. The molecule has 152 valence electrons. The average Bonchev–Trinajstić information content (AvgIpc) is 3.01. The van der Waals surface area contributed by atoms with Crippen molar-refractivity contribution in [2.24, 2.45) is 5.41 Å². The van der Waals surface area contributed by atoms with E-state index in [-0.39, 0.29) is 12.4 Å². The summed E-state index contributed by atoms with van der Waals surface area (Å²) < 4.78 is 10.5. The van der Waals surface area contributed by atoms with Crippen molar-refractivity contribution in [2.75, 3.05) is 20.1 Å². The minimum Gasteiger partial charge on any atom is -0.430 e. The van der Waals surface area contributed by atoms with E-state index in [2.05, 4.69) is 75.0 Å². The lowest BCUT2D eigenvalue weighted by atomic mass is 9.90. The van der Waals surface area contributed by atoms with Crippen molar-refractivity contribution in [1.82, 2.24) is 14.3 Å². The maximum Gasteiger partial charge on any atom is 0.298 e. The molecule has 1 heterocycles. The molecule has 0 fully saturated rings. The number of halogens is 1. The molecule has 2 aromatic rings. The first-order valence-corrected chi connectivity index (χ1v) is 10.2. The maximum atomic E-state index is 6.04. The van der Waals surface area contributed by atoms with Gasteiger partial charge in [0.15, 0.2) is 0 Å². The number of benzene rings is 1. The van der Waals surface area contributed by atoms with Gasteiger partial charge < -0.3 is 9.64 Å². The Morgan fingerprint density at radius 3 is 2.44 bits per heavy atom. The Hall–Kier alpha value is -1.17. The molecule has 0 atom stereocenters. The summed E-state index contributed by atoms with van der Waals surface area (Å²) in [5.74, 6) is 1.77. The summed E-state index contributed by atoms with van der Waals surface area (Å²) in [6.07, 6.45) is 3.03. The van der Waals surface area contributed by atoms with Gasteiger partial charge in [0.1, 0.15) is 11.6 Å². The Balaban J connectivity index is 0.00000364. The Bertz CT molecular complexity index is 725. The van der Waals surface area contributed by atoms with Crippen LogP contribution in [0.25, 0.3) is 0 Å². The zero-order chi connectivity index (χ0) is 19.3. The third-order valence-corrected chi connectivity index (χ3v) is 5.31. The molecule has 1 aromatic carbocycles. The predicted molar refractivity (Wildman–Crippen MR) is 118 cm³/mol. The van der Waals surface area contributed by atoms with Crippen molar-refractivity contribution in [3.63, 3.8) is 0 Å². The SMILES string of the molecule is CCN(C)CCc1cc(C)c(Oc2nc(CCC(C)(C)C)ns2)cc1C.Cl. The Labute approximate surface area is 174 Å². The van der Waals surface area contributed by atoms with E-state index in [1.54, 1.807) is 0 Å². The van der Waals surface area contributed by atoms with Crippen LogP contribution in [-0.4, -0.2) is 34.4 Å². The van der Waals surface area contributed by atoms with Crippen LogP contribution in [0.1, 0.15) is 56.6 Å². The van der Waals surface area contributed by atoms with Crippen LogP contribution in [0.15, 0.2) is 12.1 Å². The lowest BCUT2D eigenvalue weighted by Gasteiger charge is -2.16. The second kappa shape index (κ2) is 10.4. The quantitative estimate of drug-likeness (QED) is 0.546. The number of aromatic nitrogens is 2. The molecule has 6 heteroatoms. The molecule has 0 N–H and O–H groups in total. The monoisotopic (exact) mass is 411 g/mol. The van der Waals surface area contributed by atoms with Gasteiger partial charge in [-0.25, -0.2) is 0 Å². The van der Waals surface area contributed by atoms with Gasteiger partial charge in [0.2, 0.25) is 0 Å². The van der Waals surface area contributed by atoms with Crippen LogP contribution >= 0.6 is 23.9 Å². The van der Waals surface area contributed by atoms with Crippen LogP contribution < -0.4 is 4.74 Å². The van der Waals surface area contributed by atoms with E-state index in [0.717, 1.165) is 49.5 Å². The second-order valence-electron chi connectivity index (χ2n) is 8.33. The van der Waals surface area contributed by atoms with Gasteiger partial charge >= 0.3 is 0 Å². The average molecular weight is 412 g/mol. The van der Waals surface area contributed by atoms with Gasteiger partial charge in [-0.3, -0.25) is 0 Å². The van der Waals surface area contributed by atoms with E-state index >= 15 is 0 Å². The Morgan fingerprint density at radius 2 is 1.81 bits per heavy atom. The van der Waals surface area contributed by atoms with Crippen LogP contribution in [0.5, 0.6) is 10.9 Å². The van der Waals surface area contributed by atoms with E-state index in [9.17, 15) is 0 Å². The van der Waals surface area contributed by atoms with Gasteiger partial charge in [0.05, 0.1) is 0 Å². The highest BCUT2D eigenvalue weighted by molar-refractivity contribution is 7.07. The highest BCUT2D eigenvalue weighted by Crippen LogP contribution is 2.30. The lowest BCUT2D eigenvalue weighted by molar-refractivity contribution is 0.357. The fourth-order valence-corrected chi connectivity index (χ4v) is 3.25. The lowest BCUT2D eigenvalue weighted by Crippen LogP contribution is -2.20. The molecule has 0 aliphatic rings. The summed E-state index contributed by atoms with van der Waals surface area (Å²) in [6.45, 7) is 15.3. The van der Waals surface area contributed by atoms with Gasteiger partial charge in [-0.2, -0.15) is 9.36 Å². The minimum atomic E-state index is 0. The number of rotatable bonds is 8. The van der Waals surface area contributed by atoms with Crippen molar-refractivity contribution in [2.45, 2.75) is 60.8 Å². The Kier molecular flexibility index (Phi) is 9.19. The molecule has 0 saturated carbocycles. The van der Waals surface area contributed by atoms with Crippen LogP contribution in [0.3, 0.4) is 0 Å². The zero-order valence-electron chi connectivity index (χ0n) is 17.8. The summed E-state index contributed by atoms with van der Waals surface area (Å²) in [5.41, 5.74) is 4.10. The fourth-order valence-electron chi connectivity index (χ4n) is 2.66. The molecule has 0 unspecified atom stereocenters. The molecule has 2 rings (SSSR count). The molecule has 0 amide bonds. The van der Waals surface area contributed by atoms with Crippen molar-refractivity contribution in [1.29, 1.82) is 0 Å². The molecule has 0 aliphatic carbocycles. The van der Waals surface area contributed by atoms with E-state index in [1.165, 1.54) is 22.7 Å². The number of hydrogen-bond acceptors (Lipinski definition) is 5. The van der Waals surface area contributed by atoms with Gasteiger partial charge in [0, 0.05) is 24.5 Å². The summed E-state index contributed by atoms with van der Waals surface area (Å²) >= 11 is 1.34. The first-order valence-electron chi connectivity index (χ1n) is 9.47. The number of nitrogens with zero attached hydrogens (tertiary/aromatic N) is 3. The molecule has 0 spiro atoms. The third kappa shape index (κ3) is 7.76. The maximum absolute atomic E-state index is 6.04. The molecular weight excluding hydrogens is 378 g/mol. The topological polar surface area (TPSA) is 38.2 Å². The van der Waals surface area contributed by atoms with Gasteiger partial charge in [-0.15, -0.1) is 12.4 Å². The fraction of sp³-hybridized carbons (Fsp3) is 0.619. The number of ether oxygens (including phenoxy) is 1. The largest absolute Gasteiger partial charge is 0.430 e. The molecule has 4 nitrogen and oxygen atoms in total. The highest BCUT2D eigenvalue weighted by Gasteiger charge is 2.14. The smallest absolute Gasteiger partial charge is 0.298 e. The Morgan fingerprint density at radius 1 is 1.11 bits per heavy atom. The first-order chi connectivity index (χ1) is 12.2. The van der Waals surface area contributed by atoms with Crippen LogP contribution in [-0.2, 0) is 12.8 Å². The van der Waals surface area contributed by atoms with E-state index in [4.69, 9.17) is 4.74 Å². The summed E-state index contributed by atoms with van der Waals surface area (Å²) in [7, 11) is 2.16. The molecule has 0 bridgehead atoms. The van der Waals surface area contributed by atoms with E-state index < -0.39 is 0 Å².